The molecule has 0 aromatic rings. The van der Waals surface area contributed by atoms with E-state index in [2.05, 4.69) is 44.1 Å². The van der Waals surface area contributed by atoms with Crippen LogP contribution in [0.25, 0.3) is 0 Å². The summed E-state index contributed by atoms with van der Waals surface area (Å²) in [5.74, 6) is 0. The van der Waals surface area contributed by atoms with E-state index in [1.165, 1.54) is 25.7 Å². The van der Waals surface area contributed by atoms with Crippen molar-refractivity contribution in [2.24, 2.45) is 5.41 Å². The van der Waals surface area contributed by atoms with Crippen LogP contribution in [0.1, 0.15) is 65.7 Å². The molecule has 0 amide bonds. The van der Waals surface area contributed by atoms with Gasteiger partial charge in [0.05, 0.1) is 6.07 Å². The second-order valence-electron chi connectivity index (χ2n) is 7.68. The standard InChI is InChI=1S/C17H31N3/c1-5-19-17(13-18)11-8-15(12-17)20(4)14-6-9-16(2,3)10-7-14/h14-15,19H,5-12H2,1-4H3. The topological polar surface area (TPSA) is 39.1 Å². The SMILES string of the molecule is CCNC1(C#N)CCC(N(C)C2CCC(C)(C)CC2)C1. The van der Waals surface area contributed by atoms with Gasteiger partial charge >= 0.3 is 0 Å². The van der Waals surface area contributed by atoms with Crippen molar-refractivity contribution in [3.05, 3.63) is 0 Å². The summed E-state index contributed by atoms with van der Waals surface area (Å²) in [6.07, 6.45) is 8.48. The fraction of sp³-hybridized carbons (Fsp3) is 0.941. The van der Waals surface area contributed by atoms with Gasteiger partial charge in [-0.1, -0.05) is 20.8 Å². The number of nitrogens with zero attached hydrogens (tertiary/aromatic N) is 2. The van der Waals surface area contributed by atoms with E-state index in [0.29, 0.717) is 11.5 Å². The Kier molecular flexibility index (Phi) is 4.76. The Morgan fingerprint density at radius 3 is 2.30 bits per heavy atom. The van der Waals surface area contributed by atoms with Crippen molar-refractivity contribution in [1.29, 1.82) is 5.26 Å². The molecule has 20 heavy (non-hydrogen) atoms. The average Bonchev–Trinajstić information content (AvgIpc) is 2.83. The molecular formula is C17H31N3. The summed E-state index contributed by atoms with van der Waals surface area (Å²) in [5, 5.41) is 12.9. The maximum atomic E-state index is 9.50. The monoisotopic (exact) mass is 277 g/mol. The molecule has 114 valence electrons. The second kappa shape index (κ2) is 6.03. The van der Waals surface area contributed by atoms with E-state index in [1.807, 2.05) is 0 Å². The van der Waals surface area contributed by atoms with E-state index in [9.17, 15) is 5.26 Å². The number of rotatable bonds is 4. The lowest BCUT2D eigenvalue weighted by molar-refractivity contribution is 0.0940. The van der Waals surface area contributed by atoms with Crippen molar-refractivity contribution in [3.8, 4) is 6.07 Å². The fourth-order valence-corrected chi connectivity index (χ4v) is 4.10. The van der Waals surface area contributed by atoms with E-state index in [4.69, 9.17) is 0 Å². The van der Waals surface area contributed by atoms with Gasteiger partial charge < -0.3 is 4.90 Å². The smallest absolute Gasteiger partial charge is 0.108 e. The zero-order chi connectivity index (χ0) is 14.8. The molecule has 2 aliphatic carbocycles. The van der Waals surface area contributed by atoms with E-state index < -0.39 is 0 Å². The molecule has 0 aromatic heterocycles. The molecule has 0 radical (unpaired) electrons. The highest BCUT2D eigenvalue weighted by Gasteiger charge is 2.42. The zero-order valence-corrected chi connectivity index (χ0v) is 13.7. The van der Waals surface area contributed by atoms with Crippen LogP contribution in [0.4, 0.5) is 0 Å². The molecule has 2 rings (SSSR count). The molecule has 3 heteroatoms. The quantitative estimate of drug-likeness (QED) is 0.857. The van der Waals surface area contributed by atoms with Crippen molar-refractivity contribution in [2.75, 3.05) is 13.6 Å². The first kappa shape index (κ1) is 15.8. The van der Waals surface area contributed by atoms with Gasteiger partial charge in [0, 0.05) is 12.1 Å². The summed E-state index contributed by atoms with van der Waals surface area (Å²) < 4.78 is 0. The average molecular weight is 277 g/mol. The van der Waals surface area contributed by atoms with Gasteiger partial charge in [-0.25, -0.2) is 0 Å². The third-order valence-corrected chi connectivity index (χ3v) is 5.68. The first-order valence-corrected chi connectivity index (χ1v) is 8.30. The maximum Gasteiger partial charge on any atom is 0.108 e. The lowest BCUT2D eigenvalue weighted by atomic mass is 9.75. The van der Waals surface area contributed by atoms with Crippen LogP contribution in [0.2, 0.25) is 0 Å². The third kappa shape index (κ3) is 3.35. The fourth-order valence-electron chi connectivity index (χ4n) is 4.10. The van der Waals surface area contributed by atoms with Crippen molar-refractivity contribution in [3.63, 3.8) is 0 Å². The van der Waals surface area contributed by atoms with Crippen LogP contribution in [0.3, 0.4) is 0 Å². The number of nitrogens with one attached hydrogen (secondary N) is 1. The molecule has 2 saturated carbocycles. The number of hydrogen-bond donors (Lipinski definition) is 1. The van der Waals surface area contributed by atoms with Gasteiger partial charge in [-0.05, 0) is 64.0 Å². The van der Waals surface area contributed by atoms with Gasteiger partial charge in [0.25, 0.3) is 0 Å². The summed E-state index contributed by atoms with van der Waals surface area (Å²) >= 11 is 0. The van der Waals surface area contributed by atoms with Gasteiger partial charge in [-0.2, -0.15) is 5.26 Å². The lowest BCUT2D eigenvalue weighted by Gasteiger charge is -2.41. The van der Waals surface area contributed by atoms with Crippen molar-refractivity contribution >= 4 is 0 Å². The highest BCUT2D eigenvalue weighted by atomic mass is 15.2. The van der Waals surface area contributed by atoms with Crippen molar-refractivity contribution in [2.45, 2.75) is 83.3 Å². The van der Waals surface area contributed by atoms with E-state index >= 15 is 0 Å². The Bertz CT molecular complexity index is 361. The van der Waals surface area contributed by atoms with Crippen LogP contribution >= 0.6 is 0 Å². The molecule has 2 aliphatic rings. The molecular weight excluding hydrogens is 246 g/mol. The highest BCUT2D eigenvalue weighted by Crippen LogP contribution is 2.39. The van der Waals surface area contributed by atoms with Crippen molar-refractivity contribution in [1.82, 2.24) is 10.2 Å². The molecule has 0 bridgehead atoms. The minimum absolute atomic E-state index is 0.262. The molecule has 0 saturated heterocycles. The molecule has 0 aromatic carbocycles. The predicted octanol–water partition coefficient (Wildman–Crippen LogP) is 3.31. The largest absolute Gasteiger partial charge is 0.300 e. The van der Waals surface area contributed by atoms with Gasteiger partial charge in [0.2, 0.25) is 0 Å². The first-order chi connectivity index (χ1) is 9.41. The summed E-state index contributed by atoms with van der Waals surface area (Å²) in [5.41, 5.74) is 0.273. The predicted molar refractivity (Wildman–Crippen MR) is 83.5 cm³/mol. The lowest BCUT2D eigenvalue weighted by Crippen LogP contribution is -2.46. The van der Waals surface area contributed by atoms with Crippen LogP contribution in [0, 0.1) is 16.7 Å². The molecule has 0 aliphatic heterocycles. The Balaban J connectivity index is 1.92. The Morgan fingerprint density at radius 1 is 1.15 bits per heavy atom. The Morgan fingerprint density at radius 2 is 1.75 bits per heavy atom. The molecule has 3 nitrogen and oxygen atoms in total. The van der Waals surface area contributed by atoms with Crippen LogP contribution in [-0.4, -0.2) is 36.1 Å². The Labute approximate surface area is 124 Å². The van der Waals surface area contributed by atoms with Crippen LogP contribution < -0.4 is 5.32 Å². The van der Waals surface area contributed by atoms with E-state index in [0.717, 1.165) is 31.8 Å². The van der Waals surface area contributed by atoms with Crippen LogP contribution in [-0.2, 0) is 0 Å². The van der Waals surface area contributed by atoms with Gasteiger partial charge in [-0.15, -0.1) is 0 Å². The highest BCUT2D eigenvalue weighted by molar-refractivity contribution is 5.13. The molecule has 2 atom stereocenters. The third-order valence-electron chi connectivity index (χ3n) is 5.68. The molecule has 2 unspecified atom stereocenters. The van der Waals surface area contributed by atoms with Crippen LogP contribution in [0.5, 0.6) is 0 Å². The van der Waals surface area contributed by atoms with E-state index in [-0.39, 0.29) is 5.54 Å². The van der Waals surface area contributed by atoms with E-state index in [1.54, 1.807) is 0 Å². The normalized spacial score (nSPS) is 34.3. The summed E-state index contributed by atoms with van der Waals surface area (Å²) in [6, 6.07) is 3.85. The summed E-state index contributed by atoms with van der Waals surface area (Å²) in [7, 11) is 2.28. The molecule has 2 fully saturated rings. The molecule has 1 N–H and O–H groups in total. The second-order valence-corrected chi connectivity index (χ2v) is 7.68. The van der Waals surface area contributed by atoms with Crippen molar-refractivity contribution < 1.29 is 0 Å². The summed E-state index contributed by atoms with van der Waals surface area (Å²) in [6.45, 7) is 7.77. The maximum absolute atomic E-state index is 9.50. The van der Waals surface area contributed by atoms with Gasteiger partial charge in [0.1, 0.15) is 5.54 Å². The minimum atomic E-state index is -0.262. The van der Waals surface area contributed by atoms with Crippen LogP contribution in [0.15, 0.2) is 0 Å². The first-order valence-electron chi connectivity index (χ1n) is 8.30. The zero-order valence-electron chi connectivity index (χ0n) is 13.7. The molecule has 0 heterocycles. The minimum Gasteiger partial charge on any atom is -0.300 e. The summed E-state index contributed by atoms with van der Waals surface area (Å²) in [4.78, 5) is 2.59. The number of nitriles is 1. The van der Waals surface area contributed by atoms with Gasteiger partial charge in [0.15, 0.2) is 0 Å². The van der Waals surface area contributed by atoms with Gasteiger partial charge in [-0.3, -0.25) is 5.32 Å². The molecule has 0 spiro atoms. The Hall–Kier alpha value is -0.590. The number of hydrogen-bond acceptors (Lipinski definition) is 3.